The third-order valence-corrected chi connectivity index (χ3v) is 7.82. The van der Waals surface area contributed by atoms with Crippen LogP contribution in [0.5, 0.6) is 0 Å². The van der Waals surface area contributed by atoms with Crippen LogP contribution in [0.3, 0.4) is 0 Å². The number of benzene rings is 4. The van der Waals surface area contributed by atoms with E-state index in [4.69, 9.17) is 0 Å². The van der Waals surface area contributed by atoms with Crippen LogP contribution in [0.4, 0.5) is 0 Å². The maximum Gasteiger partial charge on any atom is 0.0465 e. The highest BCUT2D eigenvalue weighted by Gasteiger charge is 2.15. The van der Waals surface area contributed by atoms with Gasteiger partial charge >= 0.3 is 0 Å². The summed E-state index contributed by atoms with van der Waals surface area (Å²) in [4.78, 5) is 3.54. The number of thiophene rings is 1. The van der Waals surface area contributed by atoms with E-state index >= 15 is 0 Å². The first kappa shape index (κ1) is 17.7. The first-order valence-electron chi connectivity index (χ1n) is 10.7. The van der Waals surface area contributed by atoms with Gasteiger partial charge in [0.05, 0.1) is 0 Å². The summed E-state index contributed by atoms with van der Waals surface area (Å²) in [6.07, 6.45) is 1.16. The highest BCUT2D eigenvalue weighted by molar-refractivity contribution is 7.26. The van der Waals surface area contributed by atoms with Crippen LogP contribution < -0.4 is 0 Å². The summed E-state index contributed by atoms with van der Waals surface area (Å²) in [6.45, 7) is 4.61. The highest BCUT2D eigenvalue weighted by Crippen LogP contribution is 2.43. The lowest BCUT2D eigenvalue weighted by atomic mass is 9.96. The summed E-state index contributed by atoms with van der Waals surface area (Å²) in [5.41, 5.74) is 6.49. The first-order valence-corrected chi connectivity index (χ1v) is 11.5. The van der Waals surface area contributed by atoms with E-state index in [1.807, 2.05) is 11.3 Å². The molecule has 0 bridgehead atoms. The van der Waals surface area contributed by atoms with Crippen LogP contribution in [0.15, 0.2) is 78.9 Å². The summed E-state index contributed by atoms with van der Waals surface area (Å²) < 4.78 is 2.84. The normalized spacial score (nSPS) is 13.0. The zero-order valence-electron chi connectivity index (χ0n) is 17.2. The molecule has 2 heterocycles. The van der Waals surface area contributed by atoms with E-state index in [1.54, 1.807) is 0 Å². The van der Waals surface area contributed by atoms with Crippen molar-refractivity contribution in [3.8, 4) is 11.1 Å². The fourth-order valence-electron chi connectivity index (χ4n) is 4.69. The molecule has 146 valence electrons. The summed E-state index contributed by atoms with van der Waals surface area (Å²) >= 11 is 1.96. The topological polar surface area (TPSA) is 15.8 Å². The maximum absolute atomic E-state index is 3.54. The maximum atomic E-state index is 3.54. The fraction of sp³-hybridized carbons (Fsp3) is 0.143. The number of H-pyrrole nitrogens is 1. The van der Waals surface area contributed by atoms with Crippen molar-refractivity contribution >= 4 is 53.3 Å². The van der Waals surface area contributed by atoms with Gasteiger partial charge in [-0.2, -0.15) is 0 Å². The number of aromatic amines is 1. The van der Waals surface area contributed by atoms with Crippen LogP contribution >= 0.6 is 11.3 Å². The number of para-hydroxylation sites is 1. The van der Waals surface area contributed by atoms with E-state index in [9.17, 15) is 0 Å². The third kappa shape index (κ3) is 2.54. The zero-order valence-corrected chi connectivity index (χ0v) is 18.0. The molecule has 0 aliphatic heterocycles. The Morgan fingerprint density at radius 2 is 1.47 bits per heavy atom. The molecule has 30 heavy (non-hydrogen) atoms. The Labute approximate surface area is 180 Å². The summed E-state index contributed by atoms with van der Waals surface area (Å²) in [5, 5.41) is 5.35. The molecule has 2 aromatic heterocycles. The van der Waals surface area contributed by atoms with E-state index in [2.05, 4.69) is 97.7 Å². The molecule has 1 unspecified atom stereocenters. The van der Waals surface area contributed by atoms with E-state index in [0.717, 1.165) is 6.42 Å². The molecule has 4 aromatic carbocycles. The summed E-state index contributed by atoms with van der Waals surface area (Å²) in [7, 11) is 0. The molecule has 0 aliphatic rings. The van der Waals surface area contributed by atoms with Gasteiger partial charge in [0.1, 0.15) is 0 Å². The van der Waals surface area contributed by atoms with Gasteiger partial charge in [-0.05, 0) is 47.2 Å². The van der Waals surface area contributed by atoms with E-state index in [1.165, 1.54) is 58.7 Å². The molecular weight excluding hydrogens is 382 g/mol. The molecule has 0 amide bonds. The lowest BCUT2D eigenvalue weighted by molar-refractivity contribution is 0.740. The van der Waals surface area contributed by atoms with Crippen molar-refractivity contribution in [2.75, 3.05) is 0 Å². The Kier molecular flexibility index (Phi) is 3.97. The number of fused-ring (bicyclic) bond motifs is 6. The van der Waals surface area contributed by atoms with Gasteiger partial charge in [0, 0.05) is 42.0 Å². The van der Waals surface area contributed by atoms with E-state index in [0.29, 0.717) is 5.92 Å². The van der Waals surface area contributed by atoms with Crippen LogP contribution in [0, 0.1) is 0 Å². The van der Waals surface area contributed by atoms with Crippen molar-refractivity contribution in [3.63, 3.8) is 0 Å². The van der Waals surface area contributed by atoms with Gasteiger partial charge in [0.15, 0.2) is 0 Å². The summed E-state index contributed by atoms with van der Waals surface area (Å²) in [5.74, 6) is 0.577. The Morgan fingerprint density at radius 3 is 2.33 bits per heavy atom. The van der Waals surface area contributed by atoms with Crippen molar-refractivity contribution in [2.45, 2.75) is 26.2 Å². The van der Waals surface area contributed by atoms with Crippen LogP contribution in [0.25, 0.3) is 53.1 Å². The average Bonchev–Trinajstić information content (AvgIpc) is 3.36. The second-order valence-electron chi connectivity index (χ2n) is 8.25. The first-order chi connectivity index (χ1) is 14.7. The van der Waals surface area contributed by atoms with Crippen LogP contribution in [-0.2, 0) is 0 Å². The molecule has 0 radical (unpaired) electrons. The second kappa shape index (κ2) is 6.72. The van der Waals surface area contributed by atoms with Gasteiger partial charge < -0.3 is 4.98 Å². The Hall–Kier alpha value is -3.10. The number of rotatable bonds is 3. The molecule has 0 aliphatic carbocycles. The van der Waals surface area contributed by atoms with Gasteiger partial charge in [0.2, 0.25) is 0 Å². The van der Waals surface area contributed by atoms with Crippen LogP contribution in [-0.4, -0.2) is 4.98 Å². The molecule has 6 rings (SSSR count). The molecule has 1 nitrogen and oxygen atoms in total. The number of hydrogen-bond donors (Lipinski definition) is 1. The Bertz CT molecular complexity index is 1550. The van der Waals surface area contributed by atoms with Crippen LogP contribution in [0.1, 0.15) is 31.7 Å². The molecule has 6 aromatic rings. The minimum absolute atomic E-state index is 0.577. The van der Waals surface area contributed by atoms with Crippen molar-refractivity contribution in [3.05, 3.63) is 84.4 Å². The van der Waals surface area contributed by atoms with Crippen molar-refractivity contribution in [1.29, 1.82) is 0 Å². The molecule has 1 atom stereocenters. The SMILES string of the molecule is CCC(C)c1cccc2c1sc1c(-c3ccc4[nH]c5ccccc5c4c3)cccc12. The molecular formula is C28H23NS. The van der Waals surface area contributed by atoms with Crippen molar-refractivity contribution in [1.82, 2.24) is 4.98 Å². The monoisotopic (exact) mass is 405 g/mol. The van der Waals surface area contributed by atoms with Gasteiger partial charge in [-0.1, -0.05) is 74.5 Å². The number of aromatic nitrogens is 1. The standard InChI is InChI=1S/C28H23NS/c1-3-17(2)19-9-6-11-22-23-12-7-10-20(28(23)30-27(19)22)18-14-15-26-24(16-18)21-8-4-5-13-25(21)29-26/h4-17,29H,3H2,1-2H3. The predicted molar refractivity (Wildman–Crippen MR) is 133 cm³/mol. The van der Waals surface area contributed by atoms with Gasteiger partial charge in [-0.15, -0.1) is 11.3 Å². The quantitative estimate of drug-likeness (QED) is 0.302. The van der Waals surface area contributed by atoms with Crippen LogP contribution in [0.2, 0.25) is 0 Å². The minimum Gasteiger partial charge on any atom is -0.355 e. The Balaban J connectivity index is 1.63. The molecule has 1 N–H and O–H groups in total. The van der Waals surface area contributed by atoms with Crippen molar-refractivity contribution in [2.24, 2.45) is 0 Å². The van der Waals surface area contributed by atoms with Gasteiger partial charge in [-0.25, -0.2) is 0 Å². The predicted octanol–water partition coefficient (Wildman–Crippen LogP) is 8.87. The smallest absolute Gasteiger partial charge is 0.0465 e. The molecule has 0 saturated carbocycles. The molecule has 0 saturated heterocycles. The lowest BCUT2D eigenvalue weighted by Gasteiger charge is -2.09. The lowest BCUT2D eigenvalue weighted by Crippen LogP contribution is -1.90. The number of nitrogens with one attached hydrogen (secondary N) is 1. The fourth-order valence-corrected chi connectivity index (χ4v) is 6.16. The summed E-state index contributed by atoms with van der Waals surface area (Å²) in [6, 6.07) is 29.0. The number of hydrogen-bond acceptors (Lipinski definition) is 1. The Morgan fingerprint density at radius 1 is 0.733 bits per heavy atom. The third-order valence-electron chi connectivity index (χ3n) is 6.52. The second-order valence-corrected chi connectivity index (χ2v) is 9.27. The molecule has 2 heteroatoms. The van der Waals surface area contributed by atoms with E-state index < -0.39 is 0 Å². The average molecular weight is 406 g/mol. The zero-order chi connectivity index (χ0) is 20.2. The van der Waals surface area contributed by atoms with E-state index in [-0.39, 0.29) is 0 Å². The van der Waals surface area contributed by atoms with Crippen molar-refractivity contribution < 1.29 is 0 Å². The molecule has 0 fully saturated rings. The largest absolute Gasteiger partial charge is 0.355 e. The van der Waals surface area contributed by atoms with Gasteiger partial charge in [-0.3, -0.25) is 0 Å². The van der Waals surface area contributed by atoms with Gasteiger partial charge in [0.25, 0.3) is 0 Å². The molecule has 0 spiro atoms. The minimum atomic E-state index is 0.577. The highest BCUT2D eigenvalue weighted by atomic mass is 32.1.